The highest BCUT2D eigenvalue weighted by molar-refractivity contribution is 7.89. The summed E-state index contributed by atoms with van der Waals surface area (Å²) >= 11 is 0. The third-order valence-electron chi connectivity index (χ3n) is 3.35. The standard InChI is InChI=1S/C14H30N2O2S/c1-5-8-15-10-13-7-6-9-16(11-13)19(17,18)12-14(2,3)4/h13,15H,5-12H2,1-4H3. The number of sulfonamides is 1. The molecule has 1 fully saturated rings. The lowest BCUT2D eigenvalue weighted by Gasteiger charge is -2.33. The molecule has 0 aromatic heterocycles. The molecule has 1 unspecified atom stereocenters. The average Bonchev–Trinajstić information content (AvgIpc) is 2.27. The second-order valence-corrected chi connectivity index (χ2v) is 8.86. The van der Waals surface area contributed by atoms with Crippen LogP contribution in [-0.2, 0) is 10.0 Å². The molecule has 0 amide bonds. The molecule has 0 aromatic rings. The Balaban J connectivity index is 2.54. The Morgan fingerprint density at radius 2 is 2.00 bits per heavy atom. The molecule has 1 aliphatic heterocycles. The fraction of sp³-hybridized carbons (Fsp3) is 1.00. The van der Waals surface area contributed by atoms with Crippen molar-refractivity contribution in [3.05, 3.63) is 0 Å². The van der Waals surface area contributed by atoms with E-state index in [-0.39, 0.29) is 11.2 Å². The molecule has 1 N–H and O–H groups in total. The van der Waals surface area contributed by atoms with E-state index in [1.807, 2.05) is 20.8 Å². The van der Waals surface area contributed by atoms with Crippen LogP contribution in [-0.4, -0.2) is 44.7 Å². The maximum Gasteiger partial charge on any atom is 0.214 e. The van der Waals surface area contributed by atoms with E-state index in [4.69, 9.17) is 0 Å². The van der Waals surface area contributed by atoms with Gasteiger partial charge in [-0.2, -0.15) is 0 Å². The summed E-state index contributed by atoms with van der Waals surface area (Å²) in [6.45, 7) is 11.4. The van der Waals surface area contributed by atoms with E-state index in [0.29, 0.717) is 19.0 Å². The minimum Gasteiger partial charge on any atom is -0.316 e. The van der Waals surface area contributed by atoms with E-state index in [1.54, 1.807) is 4.31 Å². The molecule has 19 heavy (non-hydrogen) atoms. The van der Waals surface area contributed by atoms with Crippen LogP contribution in [0.2, 0.25) is 0 Å². The summed E-state index contributed by atoms with van der Waals surface area (Å²) in [4.78, 5) is 0. The molecular weight excluding hydrogens is 260 g/mol. The predicted octanol–water partition coefficient (Wildman–Crippen LogP) is 2.07. The van der Waals surface area contributed by atoms with Gasteiger partial charge < -0.3 is 5.32 Å². The molecule has 5 heteroatoms. The van der Waals surface area contributed by atoms with Crippen molar-refractivity contribution in [3.8, 4) is 0 Å². The van der Waals surface area contributed by atoms with Gasteiger partial charge in [-0.25, -0.2) is 12.7 Å². The number of nitrogens with zero attached hydrogens (tertiary/aromatic N) is 1. The molecule has 0 saturated carbocycles. The first-order valence-electron chi connectivity index (χ1n) is 7.43. The number of hydrogen-bond donors (Lipinski definition) is 1. The lowest BCUT2D eigenvalue weighted by molar-refractivity contribution is 0.257. The van der Waals surface area contributed by atoms with Crippen LogP contribution in [0, 0.1) is 11.3 Å². The maximum atomic E-state index is 12.4. The van der Waals surface area contributed by atoms with Crippen LogP contribution in [0.5, 0.6) is 0 Å². The first kappa shape index (κ1) is 16.9. The molecule has 1 heterocycles. The van der Waals surface area contributed by atoms with Gasteiger partial charge in [-0.15, -0.1) is 0 Å². The summed E-state index contributed by atoms with van der Waals surface area (Å²) < 4.78 is 26.5. The van der Waals surface area contributed by atoms with Gasteiger partial charge in [0.15, 0.2) is 0 Å². The predicted molar refractivity (Wildman–Crippen MR) is 80.7 cm³/mol. The van der Waals surface area contributed by atoms with E-state index in [1.165, 1.54) is 0 Å². The summed E-state index contributed by atoms with van der Waals surface area (Å²) in [5, 5.41) is 3.40. The fourth-order valence-corrected chi connectivity index (χ4v) is 4.69. The molecular formula is C14H30N2O2S. The van der Waals surface area contributed by atoms with Crippen molar-refractivity contribution in [2.75, 3.05) is 31.9 Å². The Bertz CT molecular complexity index is 360. The van der Waals surface area contributed by atoms with Gasteiger partial charge in [0, 0.05) is 13.1 Å². The van der Waals surface area contributed by atoms with Crippen molar-refractivity contribution in [3.63, 3.8) is 0 Å². The summed E-state index contributed by atoms with van der Waals surface area (Å²) in [5.41, 5.74) is -0.174. The van der Waals surface area contributed by atoms with Gasteiger partial charge in [0.2, 0.25) is 10.0 Å². The van der Waals surface area contributed by atoms with Crippen LogP contribution in [0.15, 0.2) is 0 Å². The lowest BCUT2D eigenvalue weighted by atomic mass is 10.00. The molecule has 0 aromatic carbocycles. The van der Waals surface area contributed by atoms with Crippen molar-refractivity contribution in [2.24, 2.45) is 11.3 Å². The molecule has 1 rings (SSSR count). The SMILES string of the molecule is CCCNCC1CCCN(S(=O)(=O)CC(C)(C)C)C1. The van der Waals surface area contributed by atoms with E-state index < -0.39 is 10.0 Å². The topological polar surface area (TPSA) is 49.4 Å². The summed E-state index contributed by atoms with van der Waals surface area (Å²) in [7, 11) is -3.10. The van der Waals surface area contributed by atoms with Crippen molar-refractivity contribution in [1.82, 2.24) is 9.62 Å². The molecule has 0 aliphatic carbocycles. The van der Waals surface area contributed by atoms with E-state index in [9.17, 15) is 8.42 Å². The zero-order valence-corrected chi connectivity index (χ0v) is 13.7. The first-order chi connectivity index (χ1) is 8.74. The summed E-state index contributed by atoms with van der Waals surface area (Å²) in [5.74, 6) is 0.713. The molecule has 1 aliphatic rings. The summed E-state index contributed by atoms with van der Waals surface area (Å²) in [6.07, 6.45) is 3.25. The molecule has 0 spiro atoms. The van der Waals surface area contributed by atoms with Crippen LogP contribution >= 0.6 is 0 Å². The minimum absolute atomic E-state index is 0.174. The Hall–Kier alpha value is -0.130. The molecule has 0 bridgehead atoms. The minimum atomic E-state index is -3.10. The molecule has 4 nitrogen and oxygen atoms in total. The van der Waals surface area contributed by atoms with Gasteiger partial charge in [-0.3, -0.25) is 0 Å². The van der Waals surface area contributed by atoms with Gasteiger partial charge in [0.25, 0.3) is 0 Å². The van der Waals surface area contributed by atoms with Crippen LogP contribution < -0.4 is 5.32 Å². The smallest absolute Gasteiger partial charge is 0.214 e. The van der Waals surface area contributed by atoms with Crippen molar-refractivity contribution >= 4 is 10.0 Å². The number of nitrogens with one attached hydrogen (secondary N) is 1. The van der Waals surface area contributed by atoms with Gasteiger partial charge in [-0.05, 0) is 43.7 Å². The van der Waals surface area contributed by atoms with Gasteiger partial charge in [0.05, 0.1) is 5.75 Å². The number of rotatable bonds is 6. The second-order valence-electron chi connectivity index (χ2n) is 6.89. The van der Waals surface area contributed by atoms with E-state index in [2.05, 4.69) is 12.2 Å². The highest BCUT2D eigenvalue weighted by atomic mass is 32.2. The number of piperidine rings is 1. The van der Waals surface area contributed by atoms with E-state index in [0.717, 1.165) is 32.4 Å². The summed E-state index contributed by atoms with van der Waals surface area (Å²) in [6, 6.07) is 0. The monoisotopic (exact) mass is 290 g/mol. The zero-order chi connectivity index (χ0) is 14.5. The van der Waals surface area contributed by atoms with Gasteiger partial charge >= 0.3 is 0 Å². The molecule has 1 saturated heterocycles. The first-order valence-corrected chi connectivity index (χ1v) is 9.04. The van der Waals surface area contributed by atoms with Gasteiger partial charge in [-0.1, -0.05) is 27.7 Å². The van der Waals surface area contributed by atoms with Crippen molar-refractivity contribution < 1.29 is 8.42 Å². The zero-order valence-electron chi connectivity index (χ0n) is 12.9. The Kier molecular flexibility index (Phi) is 6.27. The Morgan fingerprint density at radius 3 is 2.58 bits per heavy atom. The second kappa shape index (κ2) is 7.04. The maximum absolute atomic E-state index is 12.4. The quantitative estimate of drug-likeness (QED) is 0.762. The van der Waals surface area contributed by atoms with Gasteiger partial charge in [0.1, 0.15) is 0 Å². The van der Waals surface area contributed by atoms with Crippen LogP contribution in [0.3, 0.4) is 0 Å². The Morgan fingerprint density at radius 1 is 1.32 bits per heavy atom. The largest absolute Gasteiger partial charge is 0.316 e. The molecule has 1 atom stereocenters. The lowest BCUT2D eigenvalue weighted by Crippen LogP contribution is -2.45. The third kappa shape index (κ3) is 6.23. The normalized spacial score (nSPS) is 22.6. The van der Waals surface area contributed by atoms with Crippen LogP contribution in [0.1, 0.15) is 47.0 Å². The molecule has 0 radical (unpaired) electrons. The highest BCUT2D eigenvalue weighted by Gasteiger charge is 2.31. The van der Waals surface area contributed by atoms with Crippen LogP contribution in [0.25, 0.3) is 0 Å². The number of hydrogen-bond acceptors (Lipinski definition) is 3. The molecule has 114 valence electrons. The average molecular weight is 290 g/mol. The highest BCUT2D eigenvalue weighted by Crippen LogP contribution is 2.23. The fourth-order valence-electron chi connectivity index (χ4n) is 2.57. The van der Waals surface area contributed by atoms with E-state index >= 15 is 0 Å². The van der Waals surface area contributed by atoms with Crippen molar-refractivity contribution in [1.29, 1.82) is 0 Å². The van der Waals surface area contributed by atoms with Crippen LogP contribution in [0.4, 0.5) is 0 Å². The van der Waals surface area contributed by atoms with Crippen molar-refractivity contribution in [2.45, 2.75) is 47.0 Å². The third-order valence-corrected chi connectivity index (χ3v) is 5.70. The Labute approximate surface area is 119 Å².